The number of halogens is 1. The van der Waals surface area contributed by atoms with Crippen LogP contribution in [0.15, 0.2) is 0 Å². The van der Waals surface area contributed by atoms with Gasteiger partial charge in [0.1, 0.15) is 6.10 Å². The lowest BCUT2D eigenvalue weighted by Crippen LogP contribution is -2.51. The molecule has 1 aliphatic carbocycles. The van der Waals surface area contributed by atoms with E-state index in [2.05, 4.69) is 10.2 Å². The third-order valence-corrected chi connectivity index (χ3v) is 3.90. The number of hydrogen-bond donors (Lipinski definition) is 1. The Labute approximate surface area is 102 Å². The second-order valence-corrected chi connectivity index (χ2v) is 4.89. The summed E-state index contributed by atoms with van der Waals surface area (Å²) in [5.41, 5.74) is 0. The van der Waals surface area contributed by atoms with Crippen LogP contribution in [0, 0.1) is 5.92 Å². The van der Waals surface area contributed by atoms with Crippen molar-refractivity contribution in [3.8, 4) is 0 Å². The molecule has 2 unspecified atom stereocenters. The molecule has 2 bridgehead atoms. The summed E-state index contributed by atoms with van der Waals surface area (Å²) in [4.78, 5) is 14.2. The SMILES string of the molecule is Cl.O=C([C@H]1CNCCO1)N1CC2CCC1C2. The van der Waals surface area contributed by atoms with Crippen molar-refractivity contribution >= 4 is 18.3 Å². The predicted octanol–water partition coefficient (Wildman–Crippen LogP) is 0.407. The molecule has 2 saturated heterocycles. The first-order chi connectivity index (χ1) is 7.34. The van der Waals surface area contributed by atoms with Crippen LogP contribution in [0.2, 0.25) is 0 Å². The highest BCUT2D eigenvalue weighted by Crippen LogP contribution is 2.37. The zero-order valence-corrected chi connectivity index (χ0v) is 10.2. The molecule has 3 rings (SSSR count). The molecule has 3 aliphatic rings. The van der Waals surface area contributed by atoms with Gasteiger partial charge in [-0.2, -0.15) is 0 Å². The van der Waals surface area contributed by atoms with Gasteiger partial charge < -0.3 is 15.0 Å². The summed E-state index contributed by atoms with van der Waals surface area (Å²) in [6.07, 6.45) is 3.53. The average molecular weight is 247 g/mol. The van der Waals surface area contributed by atoms with E-state index in [1.165, 1.54) is 19.3 Å². The molecule has 3 atom stereocenters. The summed E-state index contributed by atoms with van der Waals surface area (Å²) < 4.78 is 5.51. The maximum absolute atomic E-state index is 12.2. The molecule has 92 valence electrons. The summed E-state index contributed by atoms with van der Waals surface area (Å²) in [5, 5.41) is 3.21. The zero-order chi connectivity index (χ0) is 10.3. The standard InChI is InChI=1S/C11H18N2O2.ClH/c14-11(10-6-12-3-4-15-10)13-7-8-1-2-9(13)5-8;/h8-10,12H,1-7H2;1H/t8?,9?,10-;/m1./s1. The van der Waals surface area contributed by atoms with E-state index in [0.717, 1.165) is 19.0 Å². The molecule has 0 aromatic rings. The van der Waals surface area contributed by atoms with Crippen molar-refractivity contribution in [2.45, 2.75) is 31.4 Å². The molecule has 5 heteroatoms. The molecular formula is C11H19ClN2O2. The number of fused-ring (bicyclic) bond motifs is 2. The minimum atomic E-state index is -0.224. The Bertz CT molecular complexity index is 269. The molecular weight excluding hydrogens is 228 g/mol. The van der Waals surface area contributed by atoms with Crippen molar-refractivity contribution < 1.29 is 9.53 Å². The number of morpholine rings is 1. The Morgan fingerprint density at radius 2 is 2.25 bits per heavy atom. The van der Waals surface area contributed by atoms with Gasteiger partial charge in [0, 0.05) is 25.7 Å². The summed E-state index contributed by atoms with van der Waals surface area (Å²) >= 11 is 0. The minimum Gasteiger partial charge on any atom is -0.366 e. The fourth-order valence-electron chi connectivity index (χ4n) is 3.10. The molecule has 0 spiro atoms. The van der Waals surface area contributed by atoms with Crippen LogP contribution in [0.5, 0.6) is 0 Å². The monoisotopic (exact) mass is 246 g/mol. The minimum absolute atomic E-state index is 0. The van der Waals surface area contributed by atoms with Crippen molar-refractivity contribution in [2.75, 3.05) is 26.2 Å². The van der Waals surface area contributed by atoms with Crippen molar-refractivity contribution in [1.29, 1.82) is 0 Å². The van der Waals surface area contributed by atoms with Crippen LogP contribution >= 0.6 is 12.4 Å². The lowest BCUT2D eigenvalue weighted by molar-refractivity contribution is -0.146. The first kappa shape index (κ1) is 12.1. The molecule has 1 amide bonds. The molecule has 0 radical (unpaired) electrons. The van der Waals surface area contributed by atoms with Gasteiger partial charge in [0.2, 0.25) is 0 Å². The van der Waals surface area contributed by atoms with E-state index in [-0.39, 0.29) is 24.4 Å². The Morgan fingerprint density at radius 1 is 1.38 bits per heavy atom. The Morgan fingerprint density at radius 3 is 2.81 bits per heavy atom. The van der Waals surface area contributed by atoms with E-state index in [1.54, 1.807) is 0 Å². The van der Waals surface area contributed by atoms with E-state index < -0.39 is 0 Å². The Hall–Kier alpha value is -0.320. The summed E-state index contributed by atoms with van der Waals surface area (Å²) in [7, 11) is 0. The number of amides is 1. The van der Waals surface area contributed by atoms with E-state index in [0.29, 0.717) is 19.2 Å². The van der Waals surface area contributed by atoms with E-state index >= 15 is 0 Å². The largest absolute Gasteiger partial charge is 0.366 e. The molecule has 1 N–H and O–H groups in total. The van der Waals surface area contributed by atoms with Gasteiger partial charge in [0.25, 0.3) is 5.91 Å². The maximum Gasteiger partial charge on any atom is 0.253 e. The highest BCUT2D eigenvalue weighted by atomic mass is 35.5. The highest BCUT2D eigenvalue weighted by Gasteiger charge is 2.42. The van der Waals surface area contributed by atoms with E-state index in [4.69, 9.17) is 4.74 Å². The van der Waals surface area contributed by atoms with Crippen LogP contribution in [0.4, 0.5) is 0 Å². The third kappa shape index (κ3) is 2.06. The number of nitrogens with one attached hydrogen (secondary N) is 1. The zero-order valence-electron chi connectivity index (χ0n) is 9.35. The number of hydrogen-bond acceptors (Lipinski definition) is 3. The Balaban J connectivity index is 0.000000963. The van der Waals surface area contributed by atoms with Gasteiger partial charge in [-0.25, -0.2) is 0 Å². The molecule has 1 saturated carbocycles. The fourth-order valence-corrected chi connectivity index (χ4v) is 3.10. The maximum atomic E-state index is 12.2. The molecule has 3 fully saturated rings. The third-order valence-electron chi connectivity index (χ3n) is 3.90. The van der Waals surface area contributed by atoms with Crippen molar-refractivity contribution in [3.05, 3.63) is 0 Å². The smallest absolute Gasteiger partial charge is 0.253 e. The van der Waals surface area contributed by atoms with Crippen molar-refractivity contribution in [2.24, 2.45) is 5.92 Å². The second-order valence-electron chi connectivity index (χ2n) is 4.89. The van der Waals surface area contributed by atoms with Crippen LogP contribution < -0.4 is 5.32 Å². The highest BCUT2D eigenvalue weighted by molar-refractivity contribution is 5.85. The van der Waals surface area contributed by atoms with E-state index in [9.17, 15) is 4.79 Å². The van der Waals surface area contributed by atoms with Crippen LogP contribution in [-0.4, -0.2) is 49.2 Å². The van der Waals surface area contributed by atoms with Crippen LogP contribution in [0.25, 0.3) is 0 Å². The van der Waals surface area contributed by atoms with Gasteiger partial charge in [0.05, 0.1) is 6.61 Å². The van der Waals surface area contributed by atoms with Gasteiger partial charge in [-0.05, 0) is 25.2 Å². The topological polar surface area (TPSA) is 41.6 Å². The van der Waals surface area contributed by atoms with Crippen molar-refractivity contribution in [1.82, 2.24) is 10.2 Å². The number of rotatable bonds is 1. The van der Waals surface area contributed by atoms with Crippen molar-refractivity contribution in [3.63, 3.8) is 0 Å². The normalized spacial score (nSPS) is 37.2. The number of carbonyl (C=O) groups is 1. The van der Waals surface area contributed by atoms with Gasteiger partial charge in [-0.3, -0.25) is 4.79 Å². The fraction of sp³-hybridized carbons (Fsp3) is 0.909. The van der Waals surface area contributed by atoms with Crippen LogP contribution in [-0.2, 0) is 9.53 Å². The van der Waals surface area contributed by atoms with Gasteiger partial charge in [-0.15, -0.1) is 12.4 Å². The number of piperidine rings is 1. The summed E-state index contributed by atoms with van der Waals surface area (Å²) in [6, 6.07) is 0.521. The molecule has 2 aliphatic heterocycles. The lowest BCUT2D eigenvalue weighted by Gasteiger charge is -2.32. The average Bonchev–Trinajstić information content (AvgIpc) is 2.91. The first-order valence-electron chi connectivity index (χ1n) is 5.97. The molecule has 0 aromatic heterocycles. The number of nitrogens with zero attached hydrogens (tertiary/aromatic N) is 1. The van der Waals surface area contributed by atoms with Gasteiger partial charge in [-0.1, -0.05) is 0 Å². The van der Waals surface area contributed by atoms with Crippen LogP contribution in [0.1, 0.15) is 19.3 Å². The number of likely N-dealkylation sites (tertiary alicyclic amines) is 1. The predicted molar refractivity (Wildman–Crippen MR) is 62.7 cm³/mol. The van der Waals surface area contributed by atoms with E-state index in [1.807, 2.05) is 0 Å². The Kier molecular flexibility index (Phi) is 3.72. The summed E-state index contributed by atoms with van der Waals surface area (Å²) in [5.74, 6) is 0.991. The number of ether oxygens (including phenoxy) is 1. The van der Waals surface area contributed by atoms with Gasteiger partial charge >= 0.3 is 0 Å². The van der Waals surface area contributed by atoms with Gasteiger partial charge in [0.15, 0.2) is 0 Å². The lowest BCUT2D eigenvalue weighted by atomic mass is 10.1. The summed E-state index contributed by atoms with van der Waals surface area (Å²) in [6.45, 7) is 3.20. The van der Waals surface area contributed by atoms with Crippen LogP contribution in [0.3, 0.4) is 0 Å². The second kappa shape index (κ2) is 4.90. The number of carbonyl (C=O) groups excluding carboxylic acids is 1. The molecule has 2 heterocycles. The molecule has 4 nitrogen and oxygen atoms in total. The quantitative estimate of drug-likeness (QED) is 0.729. The molecule has 16 heavy (non-hydrogen) atoms. The first-order valence-corrected chi connectivity index (χ1v) is 5.97. The molecule has 0 aromatic carbocycles.